The zero-order valence-corrected chi connectivity index (χ0v) is 14.4. The summed E-state index contributed by atoms with van der Waals surface area (Å²) in [6.07, 6.45) is 20.6. The standard InChI is InChI=1S/C19H38O2/c1-2-3-4-5-6-7-8-9-10-11-12-13-14-15-16-19(17-20)18-21-19/h20H,2-18H2,1H3/t19-/m0/s1. The lowest BCUT2D eigenvalue weighted by Gasteiger charge is -2.07. The molecule has 1 saturated heterocycles. The quantitative estimate of drug-likeness (QED) is 0.296. The van der Waals surface area contributed by atoms with Gasteiger partial charge >= 0.3 is 0 Å². The van der Waals surface area contributed by atoms with E-state index in [1.807, 2.05) is 0 Å². The molecule has 2 nitrogen and oxygen atoms in total. The largest absolute Gasteiger partial charge is 0.393 e. The number of unbranched alkanes of at least 4 members (excludes halogenated alkanes) is 13. The summed E-state index contributed by atoms with van der Waals surface area (Å²) >= 11 is 0. The van der Waals surface area contributed by atoms with E-state index in [4.69, 9.17) is 9.84 Å². The van der Waals surface area contributed by atoms with E-state index in [0.717, 1.165) is 13.0 Å². The molecule has 1 atom stereocenters. The van der Waals surface area contributed by atoms with Crippen LogP contribution in [0.15, 0.2) is 0 Å². The first-order valence-corrected chi connectivity index (χ1v) is 9.58. The van der Waals surface area contributed by atoms with Gasteiger partial charge in [0.15, 0.2) is 0 Å². The number of epoxide rings is 1. The van der Waals surface area contributed by atoms with Crippen molar-refractivity contribution in [1.29, 1.82) is 0 Å². The zero-order valence-electron chi connectivity index (χ0n) is 14.4. The Morgan fingerprint density at radius 3 is 1.43 bits per heavy atom. The smallest absolute Gasteiger partial charge is 0.115 e. The van der Waals surface area contributed by atoms with Crippen molar-refractivity contribution in [2.24, 2.45) is 0 Å². The molecule has 1 fully saturated rings. The summed E-state index contributed by atoms with van der Waals surface area (Å²) in [5.74, 6) is 0. The van der Waals surface area contributed by atoms with Crippen LogP contribution >= 0.6 is 0 Å². The van der Waals surface area contributed by atoms with E-state index in [1.165, 1.54) is 89.9 Å². The monoisotopic (exact) mass is 298 g/mol. The summed E-state index contributed by atoms with van der Waals surface area (Å²) in [5, 5.41) is 9.14. The van der Waals surface area contributed by atoms with Gasteiger partial charge in [-0.2, -0.15) is 0 Å². The summed E-state index contributed by atoms with van der Waals surface area (Å²) in [4.78, 5) is 0. The lowest BCUT2D eigenvalue weighted by atomic mass is 10.0. The van der Waals surface area contributed by atoms with Crippen LogP contribution in [0.5, 0.6) is 0 Å². The number of ether oxygens (including phenoxy) is 1. The number of rotatable bonds is 16. The van der Waals surface area contributed by atoms with Crippen molar-refractivity contribution in [3.63, 3.8) is 0 Å². The Morgan fingerprint density at radius 2 is 1.10 bits per heavy atom. The molecule has 0 aromatic heterocycles. The molecule has 0 aliphatic carbocycles. The second-order valence-electron chi connectivity index (χ2n) is 6.98. The molecule has 1 aliphatic rings. The van der Waals surface area contributed by atoms with E-state index in [2.05, 4.69) is 6.92 Å². The van der Waals surface area contributed by atoms with Gasteiger partial charge in [0.2, 0.25) is 0 Å². The Balaban J connectivity index is 1.67. The normalized spacial score (nSPS) is 20.9. The van der Waals surface area contributed by atoms with E-state index in [9.17, 15) is 0 Å². The Hall–Kier alpha value is -0.0800. The maximum absolute atomic E-state index is 9.14. The average molecular weight is 299 g/mol. The molecule has 1 rings (SSSR count). The molecular formula is C19H38O2. The predicted octanol–water partition coefficient (Wildman–Crippen LogP) is 5.62. The van der Waals surface area contributed by atoms with Crippen molar-refractivity contribution in [1.82, 2.24) is 0 Å². The van der Waals surface area contributed by atoms with Crippen LogP contribution in [0, 0.1) is 0 Å². The minimum atomic E-state index is -0.114. The molecule has 0 unspecified atom stereocenters. The molecule has 0 aromatic rings. The second kappa shape index (κ2) is 12.5. The van der Waals surface area contributed by atoms with Gasteiger partial charge in [0.25, 0.3) is 0 Å². The molecule has 0 aromatic carbocycles. The fourth-order valence-electron chi connectivity index (χ4n) is 3.06. The van der Waals surface area contributed by atoms with Crippen LogP contribution in [0.2, 0.25) is 0 Å². The zero-order chi connectivity index (χ0) is 15.2. The predicted molar refractivity (Wildman–Crippen MR) is 90.7 cm³/mol. The van der Waals surface area contributed by atoms with Gasteiger partial charge in [-0.15, -0.1) is 0 Å². The lowest BCUT2D eigenvalue weighted by Crippen LogP contribution is -2.16. The SMILES string of the molecule is CCCCCCCCCCCCCCCC[C@]1(CO)CO1. The van der Waals surface area contributed by atoms with Crippen LogP contribution in [-0.2, 0) is 4.74 Å². The summed E-state index contributed by atoms with van der Waals surface area (Å²) in [7, 11) is 0. The summed E-state index contributed by atoms with van der Waals surface area (Å²) in [5.41, 5.74) is -0.114. The highest BCUT2D eigenvalue weighted by atomic mass is 16.6. The van der Waals surface area contributed by atoms with Gasteiger partial charge in [-0.05, 0) is 6.42 Å². The van der Waals surface area contributed by atoms with Crippen LogP contribution in [0.3, 0.4) is 0 Å². The second-order valence-corrected chi connectivity index (χ2v) is 6.98. The topological polar surface area (TPSA) is 32.8 Å². The minimum absolute atomic E-state index is 0.114. The Labute approximate surface area is 132 Å². The maximum atomic E-state index is 9.14. The van der Waals surface area contributed by atoms with Crippen LogP contribution in [0.1, 0.15) is 103 Å². The highest BCUT2D eigenvalue weighted by Gasteiger charge is 2.43. The molecular weight excluding hydrogens is 260 g/mol. The van der Waals surface area contributed by atoms with E-state index in [-0.39, 0.29) is 12.2 Å². The number of aliphatic hydroxyl groups excluding tert-OH is 1. The molecule has 0 bridgehead atoms. The number of hydrogen-bond acceptors (Lipinski definition) is 2. The third-order valence-corrected chi connectivity index (χ3v) is 4.83. The molecule has 1 heterocycles. The van der Waals surface area contributed by atoms with Crippen LogP contribution < -0.4 is 0 Å². The van der Waals surface area contributed by atoms with E-state index >= 15 is 0 Å². The number of aliphatic hydroxyl groups is 1. The molecule has 126 valence electrons. The van der Waals surface area contributed by atoms with Crippen molar-refractivity contribution in [2.75, 3.05) is 13.2 Å². The Kier molecular flexibility index (Phi) is 11.3. The first-order chi connectivity index (χ1) is 10.3. The molecule has 0 saturated carbocycles. The highest BCUT2D eigenvalue weighted by Crippen LogP contribution is 2.32. The molecule has 1 N–H and O–H groups in total. The van der Waals surface area contributed by atoms with Gasteiger partial charge in [0.1, 0.15) is 5.60 Å². The fraction of sp³-hybridized carbons (Fsp3) is 1.00. The van der Waals surface area contributed by atoms with Gasteiger partial charge < -0.3 is 9.84 Å². The summed E-state index contributed by atoms with van der Waals surface area (Å²) < 4.78 is 5.31. The van der Waals surface area contributed by atoms with Gasteiger partial charge in [0.05, 0.1) is 13.2 Å². The summed E-state index contributed by atoms with van der Waals surface area (Å²) in [6, 6.07) is 0. The Morgan fingerprint density at radius 1 is 0.714 bits per heavy atom. The highest BCUT2D eigenvalue weighted by molar-refractivity contribution is 4.90. The first-order valence-electron chi connectivity index (χ1n) is 9.58. The summed E-state index contributed by atoms with van der Waals surface area (Å²) in [6.45, 7) is 3.28. The van der Waals surface area contributed by atoms with Crippen molar-refractivity contribution in [3.8, 4) is 0 Å². The molecule has 1 aliphatic heterocycles. The van der Waals surface area contributed by atoms with E-state index in [0.29, 0.717) is 0 Å². The molecule has 0 radical (unpaired) electrons. The molecule has 2 heteroatoms. The maximum Gasteiger partial charge on any atom is 0.115 e. The van der Waals surface area contributed by atoms with Crippen molar-refractivity contribution < 1.29 is 9.84 Å². The minimum Gasteiger partial charge on any atom is -0.393 e. The van der Waals surface area contributed by atoms with Crippen LogP contribution in [-0.4, -0.2) is 23.9 Å². The third kappa shape index (κ3) is 10.3. The Bertz CT molecular complexity index is 224. The average Bonchev–Trinajstić information content (AvgIpc) is 3.28. The van der Waals surface area contributed by atoms with Crippen LogP contribution in [0.25, 0.3) is 0 Å². The van der Waals surface area contributed by atoms with E-state index < -0.39 is 0 Å². The van der Waals surface area contributed by atoms with Crippen molar-refractivity contribution in [2.45, 2.75) is 109 Å². The molecule has 0 amide bonds. The fourth-order valence-corrected chi connectivity index (χ4v) is 3.06. The van der Waals surface area contributed by atoms with Crippen LogP contribution in [0.4, 0.5) is 0 Å². The van der Waals surface area contributed by atoms with Crippen molar-refractivity contribution >= 4 is 0 Å². The first kappa shape index (κ1) is 19.0. The van der Waals surface area contributed by atoms with Gasteiger partial charge in [-0.1, -0.05) is 96.8 Å². The number of hydrogen-bond donors (Lipinski definition) is 1. The van der Waals surface area contributed by atoms with Gasteiger partial charge in [-0.3, -0.25) is 0 Å². The van der Waals surface area contributed by atoms with Gasteiger partial charge in [0, 0.05) is 0 Å². The van der Waals surface area contributed by atoms with E-state index in [1.54, 1.807) is 0 Å². The van der Waals surface area contributed by atoms with Gasteiger partial charge in [-0.25, -0.2) is 0 Å². The third-order valence-electron chi connectivity index (χ3n) is 4.83. The molecule has 0 spiro atoms. The lowest BCUT2D eigenvalue weighted by molar-refractivity contribution is 0.161. The van der Waals surface area contributed by atoms with Crippen molar-refractivity contribution in [3.05, 3.63) is 0 Å². The molecule has 21 heavy (non-hydrogen) atoms.